The number of hydrogen-bond donors (Lipinski definition) is 1. The number of carbonyl (C=O) groups is 1. The second kappa shape index (κ2) is 7.13. The average molecular weight is 305 g/mol. The first-order chi connectivity index (χ1) is 10.1. The van der Waals surface area contributed by atoms with Crippen LogP contribution in [0.3, 0.4) is 0 Å². The fourth-order valence-corrected chi connectivity index (χ4v) is 2.85. The summed E-state index contributed by atoms with van der Waals surface area (Å²) in [5, 5.41) is 2.92. The van der Waals surface area contributed by atoms with Crippen LogP contribution in [0.15, 0.2) is 30.3 Å². The van der Waals surface area contributed by atoms with E-state index in [9.17, 15) is 4.79 Å². The van der Waals surface area contributed by atoms with Crippen LogP contribution in [0.5, 0.6) is 11.5 Å². The number of carbonyl (C=O) groups excluding carboxylic acids is 1. The molecule has 0 aliphatic rings. The summed E-state index contributed by atoms with van der Waals surface area (Å²) in [5.41, 5.74) is 0.816. The van der Waals surface area contributed by atoms with Gasteiger partial charge in [0, 0.05) is 15.3 Å². The normalized spacial score (nSPS) is 10.2. The zero-order chi connectivity index (χ0) is 15.2. The number of aryl methyl sites for hydroxylation is 1. The zero-order valence-electron chi connectivity index (χ0n) is 12.4. The number of nitrogens with one attached hydrogen (secondary N) is 1. The van der Waals surface area contributed by atoms with Gasteiger partial charge in [0.2, 0.25) is 5.91 Å². The summed E-state index contributed by atoms with van der Waals surface area (Å²) in [6.07, 6.45) is 0.269. The third-order valence-corrected chi connectivity index (χ3v) is 4.10. The minimum Gasteiger partial charge on any atom is -0.497 e. The van der Waals surface area contributed by atoms with E-state index in [2.05, 4.69) is 18.3 Å². The number of benzene rings is 1. The molecule has 1 aromatic heterocycles. The lowest BCUT2D eigenvalue weighted by Crippen LogP contribution is -2.24. The van der Waals surface area contributed by atoms with E-state index < -0.39 is 0 Å². The van der Waals surface area contributed by atoms with E-state index >= 15 is 0 Å². The molecule has 1 aromatic carbocycles. The molecule has 0 saturated carbocycles. The number of methoxy groups -OCH3 is 2. The molecule has 2 aromatic rings. The molecule has 0 aliphatic heterocycles. The van der Waals surface area contributed by atoms with Gasteiger partial charge in [0.15, 0.2) is 0 Å². The molecular weight excluding hydrogens is 286 g/mol. The first-order valence-corrected chi connectivity index (χ1v) is 7.47. The molecule has 0 fully saturated rings. The molecule has 5 heteroatoms. The van der Waals surface area contributed by atoms with E-state index in [4.69, 9.17) is 9.47 Å². The molecule has 0 unspecified atom stereocenters. The minimum absolute atomic E-state index is 0.0346. The van der Waals surface area contributed by atoms with Crippen LogP contribution in [0.25, 0.3) is 0 Å². The Bertz CT molecular complexity index is 622. The first kappa shape index (κ1) is 15.4. The van der Waals surface area contributed by atoms with Crippen molar-refractivity contribution in [2.75, 3.05) is 14.2 Å². The molecule has 0 spiro atoms. The molecule has 112 valence electrons. The van der Waals surface area contributed by atoms with Gasteiger partial charge in [-0.05, 0) is 37.3 Å². The van der Waals surface area contributed by atoms with Crippen LogP contribution in [0.1, 0.15) is 15.3 Å². The summed E-state index contributed by atoms with van der Waals surface area (Å²) >= 11 is 1.69. The number of hydrogen-bond acceptors (Lipinski definition) is 4. The fraction of sp³-hybridized carbons (Fsp3) is 0.312. The topological polar surface area (TPSA) is 47.6 Å². The van der Waals surface area contributed by atoms with Crippen LogP contribution in [-0.4, -0.2) is 20.1 Å². The van der Waals surface area contributed by atoms with E-state index in [1.165, 1.54) is 4.88 Å². The smallest absolute Gasteiger partial charge is 0.224 e. The van der Waals surface area contributed by atoms with Gasteiger partial charge >= 0.3 is 0 Å². The van der Waals surface area contributed by atoms with Crippen molar-refractivity contribution in [3.05, 3.63) is 45.6 Å². The molecule has 21 heavy (non-hydrogen) atoms. The molecule has 1 N–H and O–H groups in total. The lowest BCUT2D eigenvalue weighted by Gasteiger charge is -2.10. The highest BCUT2D eigenvalue weighted by molar-refractivity contribution is 7.11. The third kappa shape index (κ3) is 4.23. The van der Waals surface area contributed by atoms with Crippen LogP contribution in [-0.2, 0) is 17.8 Å². The van der Waals surface area contributed by atoms with Crippen molar-refractivity contribution < 1.29 is 14.3 Å². The van der Waals surface area contributed by atoms with E-state index in [-0.39, 0.29) is 12.3 Å². The molecule has 0 bridgehead atoms. The highest BCUT2D eigenvalue weighted by atomic mass is 32.1. The molecule has 0 aliphatic carbocycles. The molecule has 0 atom stereocenters. The summed E-state index contributed by atoms with van der Waals surface area (Å²) in [6, 6.07) is 9.54. The van der Waals surface area contributed by atoms with Gasteiger partial charge in [0.05, 0.1) is 27.2 Å². The Morgan fingerprint density at radius 2 is 2.00 bits per heavy atom. The van der Waals surface area contributed by atoms with Crippen LogP contribution in [0, 0.1) is 6.92 Å². The van der Waals surface area contributed by atoms with Gasteiger partial charge in [-0.3, -0.25) is 4.79 Å². The van der Waals surface area contributed by atoms with Gasteiger partial charge in [0.25, 0.3) is 0 Å². The monoisotopic (exact) mass is 305 g/mol. The molecular formula is C16H19NO3S. The molecule has 1 amide bonds. The van der Waals surface area contributed by atoms with E-state index in [0.717, 1.165) is 10.4 Å². The quantitative estimate of drug-likeness (QED) is 0.892. The van der Waals surface area contributed by atoms with Crippen molar-refractivity contribution in [2.24, 2.45) is 0 Å². The van der Waals surface area contributed by atoms with Gasteiger partial charge in [-0.15, -0.1) is 11.3 Å². The van der Waals surface area contributed by atoms with Crippen molar-refractivity contribution in [1.29, 1.82) is 0 Å². The lowest BCUT2D eigenvalue weighted by atomic mass is 10.1. The van der Waals surface area contributed by atoms with Gasteiger partial charge in [-0.2, -0.15) is 0 Å². The van der Waals surface area contributed by atoms with Crippen molar-refractivity contribution in [3.63, 3.8) is 0 Å². The highest BCUT2D eigenvalue weighted by Crippen LogP contribution is 2.24. The van der Waals surface area contributed by atoms with Crippen molar-refractivity contribution in [1.82, 2.24) is 5.32 Å². The predicted octanol–water partition coefficient (Wildman–Crippen LogP) is 2.93. The molecule has 0 saturated heterocycles. The Hall–Kier alpha value is -2.01. The Morgan fingerprint density at radius 3 is 2.62 bits per heavy atom. The SMILES string of the molecule is COc1ccc(OC)c(CC(=O)NCc2ccc(C)s2)c1. The van der Waals surface area contributed by atoms with Crippen LogP contribution in [0.4, 0.5) is 0 Å². The maximum atomic E-state index is 12.1. The van der Waals surface area contributed by atoms with Gasteiger partial charge < -0.3 is 14.8 Å². The molecule has 2 rings (SSSR count). The summed E-state index contributed by atoms with van der Waals surface area (Å²) in [4.78, 5) is 14.5. The van der Waals surface area contributed by atoms with E-state index in [1.807, 2.05) is 24.3 Å². The van der Waals surface area contributed by atoms with Gasteiger partial charge in [0.1, 0.15) is 11.5 Å². The van der Waals surface area contributed by atoms with Crippen molar-refractivity contribution in [2.45, 2.75) is 19.9 Å². The number of rotatable bonds is 6. The predicted molar refractivity (Wildman–Crippen MR) is 84.2 cm³/mol. The largest absolute Gasteiger partial charge is 0.497 e. The standard InChI is InChI=1S/C16H19NO3S/c1-11-4-6-14(21-11)10-17-16(18)9-12-8-13(19-2)5-7-15(12)20-3/h4-8H,9-10H2,1-3H3,(H,17,18). The van der Waals surface area contributed by atoms with Gasteiger partial charge in [-0.1, -0.05) is 0 Å². The first-order valence-electron chi connectivity index (χ1n) is 6.65. The Morgan fingerprint density at radius 1 is 1.19 bits per heavy atom. The summed E-state index contributed by atoms with van der Waals surface area (Å²) in [5.74, 6) is 1.37. The second-order valence-corrected chi connectivity index (χ2v) is 6.02. The van der Waals surface area contributed by atoms with Crippen molar-refractivity contribution >= 4 is 17.2 Å². The van der Waals surface area contributed by atoms with E-state index in [1.54, 1.807) is 25.6 Å². The molecule has 1 heterocycles. The van der Waals surface area contributed by atoms with Gasteiger partial charge in [-0.25, -0.2) is 0 Å². The van der Waals surface area contributed by atoms with Crippen molar-refractivity contribution in [3.8, 4) is 11.5 Å². The van der Waals surface area contributed by atoms with Crippen LogP contribution < -0.4 is 14.8 Å². The summed E-state index contributed by atoms with van der Waals surface area (Å²) in [7, 11) is 3.20. The molecule has 0 radical (unpaired) electrons. The zero-order valence-corrected chi connectivity index (χ0v) is 13.3. The fourth-order valence-electron chi connectivity index (χ4n) is 2.02. The Kier molecular flexibility index (Phi) is 5.22. The Balaban J connectivity index is 1.98. The second-order valence-electron chi connectivity index (χ2n) is 4.64. The lowest BCUT2D eigenvalue weighted by molar-refractivity contribution is -0.120. The number of amides is 1. The minimum atomic E-state index is -0.0346. The summed E-state index contributed by atoms with van der Waals surface area (Å²) in [6.45, 7) is 2.61. The third-order valence-electron chi connectivity index (χ3n) is 3.09. The number of ether oxygens (including phenoxy) is 2. The Labute approximate surface area is 128 Å². The van der Waals surface area contributed by atoms with E-state index in [0.29, 0.717) is 18.0 Å². The molecule has 4 nitrogen and oxygen atoms in total. The van der Waals surface area contributed by atoms with Crippen LogP contribution >= 0.6 is 11.3 Å². The van der Waals surface area contributed by atoms with Crippen LogP contribution in [0.2, 0.25) is 0 Å². The average Bonchev–Trinajstić information content (AvgIpc) is 2.90. The number of thiophene rings is 1. The highest BCUT2D eigenvalue weighted by Gasteiger charge is 2.10. The maximum absolute atomic E-state index is 12.1. The maximum Gasteiger partial charge on any atom is 0.224 e. The summed E-state index contributed by atoms with van der Waals surface area (Å²) < 4.78 is 10.5.